The summed E-state index contributed by atoms with van der Waals surface area (Å²) in [5.41, 5.74) is 1.36. The highest BCUT2D eigenvalue weighted by molar-refractivity contribution is 7.12. The summed E-state index contributed by atoms with van der Waals surface area (Å²) < 4.78 is 0. The molecule has 2 heterocycles. The Balaban J connectivity index is 0.00000144. The highest BCUT2D eigenvalue weighted by Gasteiger charge is 2.28. The van der Waals surface area contributed by atoms with Gasteiger partial charge in [0, 0.05) is 22.8 Å². The van der Waals surface area contributed by atoms with Gasteiger partial charge in [0.2, 0.25) is 0 Å². The first-order valence-electron chi connectivity index (χ1n) is 5.57. The summed E-state index contributed by atoms with van der Waals surface area (Å²) >= 11 is 1.82. The van der Waals surface area contributed by atoms with Crippen LogP contribution in [-0.2, 0) is 11.3 Å². The van der Waals surface area contributed by atoms with Crippen molar-refractivity contribution in [1.29, 1.82) is 0 Å². The van der Waals surface area contributed by atoms with Gasteiger partial charge in [0.05, 0.1) is 5.92 Å². The van der Waals surface area contributed by atoms with Gasteiger partial charge in [-0.1, -0.05) is 0 Å². The van der Waals surface area contributed by atoms with Crippen LogP contribution in [-0.4, -0.2) is 29.1 Å². The molecule has 0 bridgehead atoms. The predicted molar refractivity (Wildman–Crippen MR) is 72.1 cm³/mol. The SMILES string of the molecule is Cc1cc(CN2CCC(C(=O)O)C2)c(C)s1.Cl. The zero-order chi connectivity index (χ0) is 11.7. The quantitative estimate of drug-likeness (QED) is 0.922. The smallest absolute Gasteiger partial charge is 0.307 e. The van der Waals surface area contributed by atoms with Gasteiger partial charge in [-0.3, -0.25) is 9.69 Å². The van der Waals surface area contributed by atoms with Gasteiger partial charge >= 0.3 is 5.97 Å². The van der Waals surface area contributed by atoms with Crippen LogP contribution >= 0.6 is 23.7 Å². The first-order valence-corrected chi connectivity index (χ1v) is 6.39. The lowest BCUT2D eigenvalue weighted by molar-refractivity contribution is -0.141. The Bertz CT molecular complexity index is 405. The molecule has 17 heavy (non-hydrogen) atoms. The molecule has 1 aromatic rings. The Morgan fingerprint density at radius 3 is 2.76 bits per heavy atom. The second-order valence-electron chi connectivity index (χ2n) is 4.50. The Morgan fingerprint density at radius 2 is 2.29 bits per heavy atom. The number of carboxylic acid groups (broad SMARTS) is 1. The molecular weight excluding hydrogens is 258 g/mol. The Labute approximate surface area is 112 Å². The van der Waals surface area contributed by atoms with Gasteiger partial charge in [0.1, 0.15) is 0 Å². The van der Waals surface area contributed by atoms with Crippen LogP contribution in [0.3, 0.4) is 0 Å². The molecule has 3 nitrogen and oxygen atoms in total. The fourth-order valence-electron chi connectivity index (χ4n) is 2.26. The van der Waals surface area contributed by atoms with Crippen LogP contribution in [0.15, 0.2) is 6.07 Å². The number of thiophene rings is 1. The van der Waals surface area contributed by atoms with Crippen molar-refractivity contribution in [2.75, 3.05) is 13.1 Å². The topological polar surface area (TPSA) is 40.5 Å². The van der Waals surface area contributed by atoms with Crippen LogP contribution in [0.5, 0.6) is 0 Å². The summed E-state index contributed by atoms with van der Waals surface area (Å²) in [6.45, 7) is 6.76. The normalized spacial score (nSPS) is 20.2. The van der Waals surface area contributed by atoms with Crippen LogP contribution in [0.1, 0.15) is 21.7 Å². The molecule has 1 aliphatic rings. The van der Waals surface area contributed by atoms with Gasteiger partial charge in [-0.15, -0.1) is 23.7 Å². The van der Waals surface area contributed by atoms with E-state index in [1.807, 2.05) is 11.3 Å². The van der Waals surface area contributed by atoms with Crippen LogP contribution in [0.4, 0.5) is 0 Å². The molecule has 0 aromatic carbocycles. The molecule has 1 aromatic heterocycles. The van der Waals surface area contributed by atoms with Crippen molar-refractivity contribution in [1.82, 2.24) is 4.90 Å². The largest absolute Gasteiger partial charge is 0.481 e. The van der Waals surface area contributed by atoms with Crippen molar-refractivity contribution in [2.45, 2.75) is 26.8 Å². The summed E-state index contributed by atoms with van der Waals surface area (Å²) in [6, 6.07) is 2.22. The van der Waals surface area contributed by atoms with Crippen molar-refractivity contribution in [3.8, 4) is 0 Å². The van der Waals surface area contributed by atoms with Crippen LogP contribution < -0.4 is 0 Å². The molecule has 1 atom stereocenters. The summed E-state index contributed by atoms with van der Waals surface area (Å²) in [5.74, 6) is -0.819. The first-order chi connectivity index (χ1) is 7.56. The number of carboxylic acids is 1. The maximum atomic E-state index is 10.8. The molecule has 0 aliphatic carbocycles. The number of rotatable bonds is 3. The molecule has 1 N–H and O–H groups in total. The van der Waals surface area contributed by atoms with Crippen LogP contribution in [0, 0.1) is 19.8 Å². The lowest BCUT2D eigenvalue weighted by atomic mass is 10.1. The molecule has 1 saturated heterocycles. The fraction of sp³-hybridized carbons (Fsp3) is 0.583. The number of likely N-dealkylation sites (tertiary alicyclic amines) is 1. The molecule has 1 unspecified atom stereocenters. The molecule has 1 aliphatic heterocycles. The minimum absolute atomic E-state index is 0. The van der Waals surface area contributed by atoms with Crippen molar-refractivity contribution < 1.29 is 9.90 Å². The van der Waals surface area contributed by atoms with E-state index in [9.17, 15) is 4.79 Å². The summed E-state index contributed by atoms with van der Waals surface area (Å²) in [4.78, 5) is 15.8. The molecule has 0 radical (unpaired) electrons. The summed E-state index contributed by atoms with van der Waals surface area (Å²) in [5, 5.41) is 8.93. The third kappa shape index (κ3) is 3.44. The number of aliphatic carboxylic acids is 1. The fourth-order valence-corrected chi connectivity index (χ4v) is 3.20. The van der Waals surface area contributed by atoms with Crippen LogP contribution in [0.2, 0.25) is 0 Å². The zero-order valence-electron chi connectivity index (χ0n) is 10.1. The van der Waals surface area contributed by atoms with Gasteiger partial charge in [-0.25, -0.2) is 0 Å². The number of hydrogen-bond donors (Lipinski definition) is 1. The highest BCUT2D eigenvalue weighted by Crippen LogP contribution is 2.25. The maximum absolute atomic E-state index is 10.8. The Kier molecular flexibility index (Phi) is 4.98. The lowest BCUT2D eigenvalue weighted by Crippen LogP contribution is -2.22. The molecule has 1 fully saturated rings. The van der Waals surface area contributed by atoms with Gasteiger partial charge in [-0.05, 0) is 38.4 Å². The second kappa shape index (κ2) is 5.85. The lowest BCUT2D eigenvalue weighted by Gasteiger charge is -2.14. The number of halogens is 1. The summed E-state index contributed by atoms with van der Waals surface area (Å²) in [7, 11) is 0. The van der Waals surface area contributed by atoms with Gasteiger partial charge < -0.3 is 5.11 Å². The average molecular weight is 276 g/mol. The number of aryl methyl sites for hydroxylation is 2. The van der Waals surface area contributed by atoms with E-state index in [-0.39, 0.29) is 18.3 Å². The number of nitrogens with zero attached hydrogens (tertiary/aromatic N) is 1. The van der Waals surface area contributed by atoms with E-state index >= 15 is 0 Å². The standard InChI is InChI=1S/C12H17NO2S.ClH/c1-8-5-11(9(2)16-8)7-13-4-3-10(6-13)12(14)15;/h5,10H,3-4,6-7H2,1-2H3,(H,14,15);1H. The van der Waals surface area contributed by atoms with E-state index in [1.165, 1.54) is 15.3 Å². The molecule has 0 spiro atoms. The number of carbonyl (C=O) groups is 1. The van der Waals surface area contributed by atoms with Crippen molar-refractivity contribution in [2.24, 2.45) is 5.92 Å². The van der Waals surface area contributed by atoms with Crippen molar-refractivity contribution in [3.63, 3.8) is 0 Å². The van der Waals surface area contributed by atoms with E-state index < -0.39 is 5.97 Å². The monoisotopic (exact) mass is 275 g/mol. The second-order valence-corrected chi connectivity index (χ2v) is 5.96. The van der Waals surface area contributed by atoms with Crippen molar-refractivity contribution >= 4 is 29.7 Å². The van der Waals surface area contributed by atoms with Gasteiger partial charge in [0.15, 0.2) is 0 Å². The van der Waals surface area contributed by atoms with E-state index in [0.29, 0.717) is 6.54 Å². The molecule has 96 valence electrons. The van der Waals surface area contributed by atoms with Gasteiger partial charge in [-0.2, -0.15) is 0 Å². The minimum atomic E-state index is -0.652. The van der Waals surface area contributed by atoms with E-state index in [0.717, 1.165) is 19.5 Å². The minimum Gasteiger partial charge on any atom is -0.481 e. The Morgan fingerprint density at radius 1 is 1.59 bits per heavy atom. The molecule has 0 saturated carbocycles. The molecular formula is C12H18ClNO2S. The van der Waals surface area contributed by atoms with E-state index in [4.69, 9.17) is 5.11 Å². The summed E-state index contributed by atoms with van der Waals surface area (Å²) in [6.07, 6.45) is 0.789. The molecule has 5 heteroatoms. The van der Waals surface area contributed by atoms with E-state index in [2.05, 4.69) is 24.8 Å². The highest BCUT2D eigenvalue weighted by atomic mass is 35.5. The third-order valence-corrected chi connectivity index (χ3v) is 4.17. The number of hydrogen-bond acceptors (Lipinski definition) is 3. The first kappa shape index (κ1) is 14.5. The Hall–Kier alpha value is -0.580. The maximum Gasteiger partial charge on any atom is 0.307 e. The van der Waals surface area contributed by atoms with Gasteiger partial charge in [0.25, 0.3) is 0 Å². The van der Waals surface area contributed by atoms with E-state index in [1.54, 1.807) is 0 Å². The predicted octanol–water partition coefficient (Wildman–Crippen LogP) is 2.69. The van der Waals surface area contributed by atoms with Crippen LogP contribution in [0.25, 0.3) is 0 Å². The zero-order valence-corrected chi connectivity index (χ0v) is 11.7. The molecule has 2 rings (SSSR count). The average Bonchev–Trinajstić information content (AvgIpc) is 2.75. The van der Waals surface area contributed by atoms with Crippen molar-refractivity contribution in [3.05, 3.63) is 21.4 Å². The molecule has 0 amide bonds. The third-order valence-electron chi connectivity index (χ3n) is 3.16.